The summed E-state index contributed by atoms with van der Waals surface area (Å²) < 4.78 is 5.52. The molecule has 34 heavy (non-hydrogen) atoms. The fourth-order valence-electron chi connectivity index (χ4n) is 4.61. The molecule has 0 saturated carbocycles. The van der Waals surface area contributed by atoms with E-state index >= 15 is 0 Å². The van der Waals surface area contributed by atoms with E-state index in [-0.39, 0.29) is 5.56 Å². The topological polar surface area (TPSA) is 96.4 Å². The number of rotatable bonds is 6. The molecule has 8 heteroatoms. The molecule has 0 aromatic heterocycles. The number of hydrogen-bond acceptors (Lipinski definition) is 6. The lowest BCUT2D eigenvalue weighted by molar-refractivity contribution is -0.126. The molecule has 3 aromatic rings. The molecule has 0 radical (unpaired) electrons. The van der Waals surface area contributed by atoms with Crippen LogP contribution in [0.4, 0.5) is 11.4 Å². The van der Waals surface area contributed by atoms with Crippen molar-refractivity contribution >= 4 is 29.2 Å². The molecule has 3 atom stereocenters. The average molecular weight is 458 g/mol. The van der Waals surface area contributed by atoms with Gasteiger partial charge < -0.3 is 9.84 Å². The van der Waals surface area contributed by atoms with E-state index in [9.17, 15) is 19.5 Å². The quantitative estimate of drug-likeness (QED) is 0.561. The molecule has 1 N–H and O–H groups in total. The van der Waals surface area contributed by atoms with Crippen molar-refractivity contribution in [3.05, 3.63) is 90.0 Å². The smallest absolute Gasteiger partial charge is 0.336 e. The molecule has 0 bridgehead atoms. The second-order valence-electron chi connectivity index (χ2n) is 7.99. The Morgan fingerprint density at radius 3 is 2.38 bits per heavy atom. The first-order valence-electron chi connectivity index (χ1n) is 10.9. The van der Waals surface area contributed by atoms with Crippen molar-refractivity contribution in [3.8, 4) is 5.75 Å². The van der Waals surface area contributed by atoms with Crippen molar-refractivity contribution < 1.29 is 29.1 Å². The van der Waals surface area contributed by atoms with E-state index in [1.807, 2.05) is 25.1 Å². The zero-order valence-corrected chi connectivity index (χ0v) is 18.3. The summed E-state index contributed by atoms with van der Waals surface area (Å²) in [6, 6.07) is 21.5. The van der Waals surface area contributed by atoms with Gasteiger partial charge in [-0.05, 0) is 42.8 Å². The zero-order valence-electron chi connectivity index (χ0n) is 18.3. The SMILES string of the molecule is CCOc1cccc(N2C(=O)[C@H]3[C@H](ON(c4ccccc4)[C@H]3c3ccccc3C(=O)O)C2=O)c1. The molecule has 3 aromatic carbocycles. The molecule has 0 unspecified atom stereocenters. The Kier molecular flexibility index (Phi) is 5.51. The number of benzene rings is 3. The van der Waals surface area contributed by atoms with Crippen molar-refractivity contribution in [2.24, 2.45) is 5.92 Å². The lowest BCUT2D eigenvalue weighted by Crippen LogP contribution is -2.37. The number of carbonyl (C=O) groups excluding carboxylic acids is 2. The lowest BCUT2D eigenvalue weighted by atomic mass is 9.88. The van der Waals surface area contributed by atoms with Crippen LogP contribution >= 0.6 is 0 Å². The van der Waals surface area contributed by atoms with Crippen LogP contribution in [0.2, 0.25) is 0 Å². The number of amides is 2. The van der Waals surface area contributed by atoms with Gasteiger partial charge in [0.05, 0.1) is 29.6 Å². The summed E-state index contributed by atoms with van der Waals surface area (Å²) >= 11 is 0. The Morgan fingerprint density at radius 1 is 0.941 bits per heavy atom. The highest BCUT2D eigenvalue weighted by Gasteiger charge is 2.60. The van der Waals surface area contributed by atoms with Crippen molar-refractivity contribution in [1.82, 2.24) is 0 Å². The minimum Gasteiger partial charge on any atom is -0.494 e. The molecule has 0 aliphatic carbocycles. The molecule has 0 spiro atoms. The number of hydroxylamine groups is 1. The minimum atomic E-state index is -1.12. The van der Waals surface area contributed by atoms with Gasteiger partial charge in [0.25, 0.3) is 5.91 Å². The maximum absolute atomic E-state index is 13.7. The van der Waals surface area contributed by atoms with E-state index in [0.717, 1.165) is 4.90 Å². The van der Waals surface area contributed by atoms with Crippen LogP contribution in [0.3, 0.4) is 0 Å². The number of aromatic carboxylic acids is 1. The second-order valence-corrected chi connectivity index (χ2v) is 7.99. The van der Waals surface area contributed by atoms with Crippen molar-refractivity contribution in [2.75, 3.05) is 16.6 Å². The Bertz CT molecular complexity index is 1260. The molecule has 8 nitrogen and oxygen atoms in total. The summed E-state index contributed by atoms with van der Waals surface area (Å²) in [6.07, 6.45) is -1.09. The van der Waals surface area contributed by atoms with Gasteiger partial charge >= 0.3 is 5.97 Å². The average Bonchev–Trinajstić information content (AvgIpc) is 3.36. The van der Waals surface area contributed by atoms with Crippen LogP contribution in [0.1, 0.15) is 28.9 Å². The van der Waals surface area contributed by atoms with E-state index in [1.54, 1.807) is 54.6 Å². The van der Waals surface area contributed by atoms with E-state index in [1.165, 1.54) is 11.1 Å². The number of carboxylic acid groups (broad SMARTS) is 1. The molecule has 172 valence electrons. The highest BCUT2D eigenvalue weighted by Crippen LogP contribution is 2.48. The molecule has 2 heterocycles. The first kappa shape index (κ1) is 21.7. The Hall–Kier alpha value is -4.17. The fourth-order valence-corrected chi connectivity index (χ4v) is 4.61. The summed E-state index contributed by atoms with van der Waals surface area (Å²) in [5, 5.41) is 11.3. The predicted octanol–water partition coefficient (Wildman–Crippen LogP) is 3.83. The third-order valence-corrected chi connectivity index (χ3v) is 6.02. The number of para-hydroxylation sites is 1. The predicted molar refractivity (Wildman–Crippen MR) is 124 cm³/mol. The fraction of sp³-hybridized carbons (Fsp3) is 0.192. The summed E-state index contributed by atoms with van der Waals surface area (Å²) in [5.41, 5.74) is 1.45. The van der Waals surface area contributed by atoms with Crippen molar-refractivity contribution in [1.29, 1.82) is 0 Å². The minimum absolute atomic E-state index is 0.0507. The maximum atomic E-state index is 13.7. The van der Waals surface area contributed by atoms with Crippen LogP contribution in [0, 0.1) is 5.92 Å². The number of ether oxygens (including phenoxy) is 1. The van der Waals surface area contributed by atoms with Crippen LogP contribution in [-0.4, -0.2) is 35.6 Å². The standard InChI is InChI=1S/C26H22N2O6/c1-2-33-18-12-8-11-17(15-18)27-24(29)21-22(19-13-6-7-14-20(19)26(31)32)28(34-23(21)25(27)30)16-9-4-3-5-10-16/h3-15,21-23H,2H2,1H3,(H,31,32)/t21-,22+,23+/m1/s1. The number of hydrogen-bond donors (Lipinski definition) is 1. The number of imide groups is 1. The maximum Gasteiger partial charge on any atom is 0.336 e. The summed E-state index contributed by atoms with van der Waals surface area (Å²) in [6.45, 7) is 2.29. The third-order valence-electron chi connectivity index (χ3n) is 6.02. The van der Waals surface area contributed by atoms with E-state index in [0.29, 0.717) is 29.3 Å². The Balaban J connectivity index is 1.60. The van der Waals surface area contributed by atoms with Crippen LogP contribution in [0.25, 0.3) is 0 Å². The number of nitrogens with zero attached hydrogens (tertiary/aromatic N) is 2. The number of carboxylic acids is 1. The molecule has 2 aliphatic heterocycles. The molecule has 2 amide bonds. The van der Waals surface area contributed by atoms with E-state index < -0.39 is 35.8 Å². The largest absolute Gasteiger partial charge is 0.494 e. The van der Waals surface area contributed by atoms with Crippen LogP contribution in [0.5, 0.6) is 5.75 Å². The van der Waals surface area contributed by atoms with Gasteiger partial charge in [-0.25, -0.2) is 14.8 Å². The number of carbonyl (C=O) groups is 3. The number of fused-ring (bicyclic) bond motifs is 1. The first-order valence-corrected chi connectivity index (χ1v) is 10.9. The van der Waals surface area contributed by atoms with Gasteiger partial charge in [0.15, 0.2) is 6.10 Å². The van der Waals surface area contributed by atoms with Gasteiger partial charge in [-0.1, -0.05) is 42.5 Å². The van der Waals surface area contributed by atoms with Gasteiger partial charge in [0, 0.05) is 6.07 Å². The highest BCUT2D eigenvalue weighted by molar-refractivity contribution is 6.24. The van der Waals surface area contributed by atoms with E-state index in [4.69, 9.17) is 9.57 Å². The van der Waals surface area contributed by atoms with Gasteiger partial charge in [0.1, 0.15) is 11.7 Å². The van der Waals surface area contributed by atoms with Crippen molar-refractivity contribution in [2.45, 2.75) is 19.1 Å². The Labute approximate surface area is 195 Å². The van der Waals surface area contributed by atoms with Gasteiger partial charge in [0.2, 0.25) is 5.91 Å². The van der Waals surface area contributed by atoms with Crippen molar-refractivity contribution in [3.63, 3.8) is 0 Å². The summed E-state index contributed by atoms with van der Waals surface area (Å²) in [5.74, 6) is -2.46. The molecule has 2 saturated heterocycles. The first-order chi connectivity index (χ1) is 16.5. The second kappa shape index (κ2) is 8.64. The van der Waals surface area contributed by atoms with Gasteiger partial charge in [-0.2, -0.15) is 0 Å². The normalized spacial score (nSPS) is 21.6. The molecule has 5 rings (SSSR count). The molecule has 2 aliphatic rings. The summed E-state index contributed by atoms with van der Waals surface area (Å²) in [4.78, 5) is 46.4. The lowest BCUT2D eigenvalue weighted by Gasteiger charge is -2.29. The molecular weight excluding hydrogens is 436 g/mol. The van der Waals surface area contributed by atoms with Crippen LogP contribution in [0.15, 0.2) is 78.9 Å². The zero-order chi connectivity index (χ0) is 23.8. The highest BCUT2D eigenvalue weighted by atomic mass is 16.7. The number of anilines is 2. The van der Waals surface area contributed by atoms with E-state index in [2.05, 4.69) is 0 Å². The van der Waals surface area contributed by atoms with Gasteiger partial charge in [-0.3, -0.25) is 14.4 Å². The molecule has 2 fully saturated rings. The Morgan fingerprint density at radius 2 is 1.65 bits per heavy atom. The summed E-state index contributed by atoms with van der Waals surface area (Å²) in [7, 11) is 0. The van der Waals surface area contributed by atoms with Gasteiger partial charge in [-0.15, -0.1) is 0 Å². The van der Waals surface area contributed by atoms with Crippen LogP contribution < -0.4 is 14.7 Å². The van der Waals surface area contributed by atoms with Crippen LogP contribution in [-0.2, 0) is 14.4 Å². The monoisotopic (exact) mass is 458 g/mol. The third kappa shape index (κ3) is 3.48. The molecular formula is C26H22N2O6.